The first-order valence-electron chi connectivity index (χ1n) is 11.1. The van der Waals surface area contributed by atoms with Crippen molar-refractivity contribution in [1.82, 2.24) is 10.0 Å². The van der Waals surface area contributed by atoms with E-state index >= 15 is 0 Å². The van der Waals surface area contributed by atoms with Gasteiger partial charge >= 0.3 is 0 Å². The fourth-order valence-corrected chi connectivity index (χ4v) is 4.19. The van der Waals surface area contributed by atoms with E-state index in [1.54, 1.807) is 33.1 Å². The summed E-state index contributed by atoms with van der Waals surface area (Å²) < 4.78 is 37.6. The zero-order valence-electron chi connectivity index (χ0n) is 20.1. The maximum absolute atomic E-state index is 12.5. The monoisotopic (exact) mass is 508 g/mol. The predicted molar refractivity (Wildman–Crippen MR) is 137 cm³/mol. The number of benzene rings is 2. The lowest BCUT2D eigenvalue weighted by molar-refractivity contribution is -0.123. The first kappa shape index (κ1) is 27.7. The highest BCUT2D eigenvalue weighted by Gasteiger charge is 2.26. The molecule has 2 aromatic rings. The minimum Gasteiger partial charge on any atom is -0.493 e. The summed E-state index contributed by atoms with van der Waals surface area (Å²) in [6.07, 6.45) is 0.547. The summed E-state index contributed by atoms with van der Waals surface area (Å²) in [7, 11) is -1.92. The topological polar surface area (TPSA) is 93.7 Å². The molecule has 2 aromatic carbocycles. The smallest absolute Gasteiger partial charge is 0.238 e. The molecule has 0 radical (unpaired) electrons. The van der Waals surface area contributed by atoms with Crippen LogP contribution in [-0.2, 0) is 21.2 Å². The Labute approximate surface area is 207 Å². The number of carbonyl (C=O) groups is 1. The highest BCUT2D eigenvalue weighted by Crippen LogP contribution is 2.29. The van der Waals surface area contributed by atoms with Crippen LogP contribution in [0.15, 0.2) is 49.0 Å². The van der Waals surface area contributed by atoms with Crippen molar-refractivity contribution in [1.29, 1.82) is 0 Å². The summed E-state index contributed by atoms with van der Waals surface area (Å²) in [5.41, 5.74) is 2.69. The van der Waals surface area contributed by atoms with Crippen LogP contribution in [0.2, 0.25) is 5.02 Å². The maximum atomic E-state index is 12.5. The Morgan fingerprint density at radius 3 is 2.38 bits per heavy atom. The molecular formula is C25H33ClN2O5S. The number of methoxy groups -OCH3 is 1. The molecule has 7 nitrogen and oxygen atoms in total. The molecule has 186 valence electrons. The van der Waals surface area contributed by atoms with E-state index in [9.17, 15) is 13.2 Å². The molecule has 34 heavy (non-hydrogen) atoms. The Bertz CT molecular complexity index is 1080. The van der Waals surface area contributed by atoms with Crippen molar-refractivity contribution >= 4 is 33.1 Å². The molecule has 2 N–H and O–H groups in total. The number of amides is 1. The van der Waals surface area contributed by atoms with E-state index in [-0.39, 0.29) is 24.2 Å². The Balaban J connectivity index is 1.94. The average Bonchev–Trinajstić information content (AvgIpc) is 2.81. The number of rotatable bonds is 13. The number of hydrogen-bond acceptors (Lipinski definition) is 5. The number of hydrogen-bond donors (Lipinski definition) is 2. The maximum Gasteiger partial charge on any atom is 0.238 e. The second-order valence-corrected chi connectivity index (χ2v) is 10.6. The molecular weight excluding hydrogens is 476 g/mol. The van der Waals surface area contributed by atoms with Crippen LogP contribution in [0, 0.1) is 5.92 Å². The van der Waals surface area contributed by atoms with Crippen molar-refractivity contribution in [2.24, 2.45) is 5.92 Å². The van der Waals surface area contributed by atoms with E-state index in [1.165, 1.54) is 6.92 Å². The van der Waals surface area contributed by atoms with Gasteiger partial charge in [-0.3, -0.25) is 4.79 Å². The van der Waals surface area contributed by atoms with Crippen LogP contribution in [0.25, 0.3) is 5.57 Å². The van der Waals surface area contributed by atoms with Gasteiger partial charge in [0.05, 0.1) is 12.9 Å². The van der Waals surface area contributed by atoms with Gasteiger partial charge in [0.1, 0.15) is 12.6 Å². The van der Waals surface area contributed by atoms with Gasteiger partial charge in [0.15, 0.2) is 11.5 Å². The van der Waals surface area contributed by atoms with Crippen LogP contribution in [-0.4, -0.2) is 46.4 Å². The quantitative estimate of drug-likeness (QED) is 0.425. The van der Waals surface area contributed by atoms with Crippen molar-refractivity contribution in [2.75, 3.05) is 26.0 Å². The summed E-state index contributed by atoms with van der Waals surface area (Å²) in [5, 5.41) is 3.47. The molecule has 0 saturated carbocycles. The molecule has 0 bridgehead atoms. The van der Waals surface area contributed by atoms with E-state index < -0.39 is 16.1 Å². The molecule has 9 heteroatoms. The van der Waals surface area contributed by atoms with Gasteiger partial charge in [0, 0.05) is 11.6 Å². The molecule has 0 saturated heterocycles. The molecule has 1 atom stereocenters. The Hall–Kier alpha value is -2.55. The molecule has 2 rings (SSSR count). The zero-order valence-corrected chi connectivity index (χ0v) is 21.6. The van der Waals surface area contributed by atoms with Crippen molar-refractivity contribution < 1.29 is 22.7 Å². The van der Waals surface area contributed by atoms with E-state index in [4.69, 9.17) is 21.1 Å². The summed E-state index contributed by atoms with van der Waals surface area (Å²) in [6.45, 7) is 9.84. The predicted octanol–water partition coefficient (Wildman–Crippen LogP) is 4.06. The highest BCUT2D eigenvalue weighted by molar-refractivity contribution is 7.89. The SMILES string of the molecule is C=C(COc1ccc(CCNC(=O)[C@@H](NS(=O)(=O)CC)C(C)C)cc1OC)c1ccc(Cl)cc1. The molecule has 0 aliphatic heterocycles. The van der Waals surface area contributed by atoms with Crippen LogP contribution in [0.1, 0.15) is 31.9 Å². The fourth-order valence-electron chi connectivity index (χ4n) is 3.13. The van der Waals surface area contributed by atoms with Gasteiger partial charge in [-0.25, -0.2) is 13.1 Å². The second-order valence-electron chi connectivity index (χ2n) is 8.17. The Morgan fingerprint density at radius 2 is 1.79 bits per heavy atom. The summed E-state index contributed by atoms with van der Waals surface area (Å²) in [4.78, 5) is 12.5. The number of halogens is 1. The molecule has 1 amide bonds. The molecule has 0 aromatic heterocycles. The van der Waals surface area contributed by atoms with Crippen molar-refractivity contribution in [3.8, 4) is 11.5 Å². The average molecular weight is 509 g/mol. The molecule has 0 aliphatic rings. The molecule has 0 fully saturated rings. The Kier molecular flexibility index (Phi) is 10.4. The van der Waals surface area contributed by atoms with Crippen LogP contribution < -0.4 is 19.5 Å². The van der Waals surface area contributed by atoms with Crippen LogP contribution >= 0.6 is 11.6 Å². The van der Waals surface area contributed by atoms with Gasteiger partial charge in [-0.05, 0) is 60.2 Å². The van der Waals surface area contributed by atoms with Crippen LogP contribution in [0.3, 0.4) is 0 Å². The number of ether oxygens (including phenoxy) is 2. The first-order chi connectivity index (χ1) is 16.1. The standard InChI is InChI=1S/C25H33ClN2O5S/c1-6-34(30,31)28-24(17(2)3)25(29)27-14-13-19-7-12-22(23(15-19)32-5)33-16-18(4)20-8-10-21(26)11-9-20/h7-12,15,17,24,28H,4,6,13-14,16H2,1-3,5H3,(H,27,29)/t24-/m0/s1. The van der Waals surface area contributed by atoms with Crippen molar-refractivity contribution in [3.05, 3.63) is 65.2 Å². The van der Waals surface area contributed by atoms with Gasteiger partial charge in [0.2, 0.25) is 15.9 Å². The zero-order chi connectivity index (χ0) is 25.3. The largest absolute Gasteiger partial charge is 0.493 e. The molecule has 0 heterocycles. The van der Waals surface area contributed by atoms with Crippen LogP contribution in [0.4, 0.5) is 0 Å². The third-order valence-electron chi connectivity index (χ3n) is 5.23. The minimum atomic E-state index is -3.48. The van der Waals surface area contributed by atoms with Crippen molar-refractivity contribution in [3.63, 3.8) is 0 Å². The third-order valence-corrected chi connectivity index (χ3v) is 6.86. The third kappa shape index (κ3) is 8.34. The van der Waals surface area contributed by atoms with Gasteiger partial charge in [-0.15, -0.1) is 0 Å². The number of nitrogens with one attached hydrogen (secondary N) is 2. The number of carbonyl (C=O) groups excluding carboxylic acids is 1. The van der Waals surface area contributed by atoms with E-state index in [0.717, 1.165) is 16.7 Å². The summed E-state index contributed by atoms with van der Waals surface area (Å²) in [6, 6.07) is 12.1. The highest BCUT2D eigenvalue weighted by atomic mass is 35.5. The second kappa shape index (κ2) is 12.8. The lowest BCUT2D eigenvalue weighted by Gasteiger charge is -2.21. The fraction of sp³-hybridized carbons (Fsp3) is 0.400. The lowest BCUT2D eigenvalue weighted by atomic mass is 10.0. The van der Waals surface area contributed by atoms with Gasteiger partial charge in [-0.1, -0.05) is 50.2 Å². The molecule has 0 unspecified atom stereocenters. The van der Waals surface area contributed by atoms with Gasteiger partial charge < -0.3 is 14.8 Å². The molecule has 0 spiro atoms. The minimum absolute atomic E-state index is 0.0786. The number of sulfonamides is 1. The summed E-state index contributed by atoms with van der Waals surface area (Å²) in [5.74, 6) is 0.549. The van der Waals surface area contributed by atoms with E-state index in [2.05, 4.69) is 16.6 Å². The Morgan fingerprint density at radius 1 is 1.12 bits per heavy atom. The normalized spacial score (nSPS) is 12.3. The lowest BCUT2D eigenvalue weighted by Crippen LogP contribution is -2.50. The van der Waals surface area contributed by atoms with Crippen molar-refractivity contribution in [2.45, 2.75) is 33.2 Å². The summed E-state index contributed by atoms with van der Waals surface area (Å²) >= 11 is 5.93. The van der Waals surface area contributed by atoms with Gasteiger partial charge in [0.25, 0.3) is 0 Å². The first-order valence-corrected chi connectivity index (χ1v) is 13.1. The van der Waals surface area contributed by atoms with E-state index in [1.807, 2.05) is 30.3 Å². The van der Waals surface area contributed by atoms with Gasteiger partial charge in [-0.2, -0.15) is 0 Å². The van der Waals surface area contributed by atoms with E-state index in [0.29, 0.717) is 29.5 Å². The molecule has 0 aliphatic carbocycles. The van der Waals surface area contributed by atoms with Crippen LogP contribution in [0.5, 0.6) is 11.5 Å².